The van der Waals surface area contributed by atoms with Crippen molar-refractivity contribution in [2.45, 2.75) is 135 Å². The van der Waals surface area contributed by atoms with Gasteiger partial charge in [-0.25, -0.2) is 0 Å². The summed E-state index contributed by atoms with van der Waals surface area (Å²) in [6.45, 7) is 2.93. The molecular weight excluding hydrogens is 320 g/mol. The molecule has 0 spiro atoms. The number of carbonyl (C=O) groups excluding carboxylic acids is 1. The third-order valence-corrected chi connectivity index (χ3v) is 5.93. The fourth-order valence-corrected chi connectivity index (χ4v) is 4.10. The van der Waals surface area contributed by atoms with Gasteiger partial charge in [0.1, 0.15) is 0 Å². The molecule has 0 unspecified atom stereocenters. The van der Waals surface area contributed by atoms with Crippen molar-refractivity contribution in [3.05, 3.63) is 0 Å². The van der Waals surface area contributed by atoms with Gasteiger partial charge in [-0.15, -0.1) is 0 Å². The van der Waals surface area contributed by atoms with Gasteiger partial charge in [-0.05, 0) is 19.3 Å². The largest absolute Gasteiger partial charge is 0.465 e. The lowest BCUT2D eigenvalue weighted by atomic mass is 10.0. The molecule has 0 amide bonds. The average molecular weight is 367 g/mol. The third-order valence-electron chi connectivity index (χ3n) is 5.93. The number of ether oxygens (including phenoxy) is 1. The number of carbonyl (C=O) groups is 1. The van der Waals surface area contributed by atoms with E-state index in [2.05, 4.69) is 6.92 Å². The minimum atomic E-state index is 0.0726. The first-order valence-corrected chi connectivity index (χ1v) is 12.0. The minimum Gasteiger partial charge on any atom is -0.465 e. The number of esters is 1. The van der Waals surface area contributed by atoms with E-state index >= 15 is 0 Å². The maximum atomic E-state index is 11.8. The van der Waals surface area contributed by atoms with Crippen LogP contribution in [0.25, 0.3) is 0 Å². The molecule has 26 heavy (non-hydrogen) atoms. The molecule has 2 nitrogen and oxygen atoms in total. The molecule has 0 atom stereocenters. The van der Waals surface area contributed by atoms with Crippen LogP contribution < -0.4 is 0 Å². The van der Waals surface area contributed by atoms with Crippen LogP contribution in [0.4, 0.5) is 0 Å². The standard InChI is InChI=1S/C24H46O2/c1-2-3-4-5-6-7-8-9-10-11-12-13-14-15-16-19-22-26-24(25)23-20-17-18-21-23/h23H,2-22H2,1H3. The van der Waals surface area contributed by atoms with Crippen molar-refractivity contribution in [2.24, 2.45) is 5.92 Å². The molecule has 0 heterocycles. The van der Waals surface area contributed by atoms with Gasteiger partial charge < -0.3 is 4.74 Å². The van der Waals surface area contributed by atoms with Gasteiger partial charge in [0.05, 0.1) is 12.5 Å². The molecule has 0 aliphatic heterocycles. The Morgan fingerprint density at radius 2 is 1.04 bits per heavy atom. The smallest absolute Gasteiger partial charge is 0.308 e. The highest BCUT2D eigenvalue weighted by Crippen LogP contribution is 2.25. The Kier molecular flexibility index (Phi) is 16.2. The van der Waals surface area contributed by atoms with Gasteiger partial charge in [-0.1, -0.05) is 116 Å². The van der Waals surface area contributed by atoms with E-state index in [4.69, 9.17) is 4.74 Å². The highest BCUT2D eigenvalue weighted by atomic mass is 16.5. The highest BCUT2D eigenvalue weighted by molar-refractivity contribution is 5.72. The molecule has 0 aromatic heterocycles. The van der Waals surface area contributed by atoms with Crippen LogP contribution in [0.2, 0.25) is 0 Å². The topological polar surface area (TPSA) is 26.3 Å². The Morgan fingerprint density at radius 1 is 0.654 bits per heavy atom. The van der Waals surface area contributed by atoms with Crippen LogP contribution in [0.3, 0.4) is 0 Å². The summed E-state index contributed by atoms with van der Waals surface area (Å²) in [4.78, 5) is 11.8. The van der Waals surface area contributed by atoms with Crippen LogP contribution >= 0.6 is 0 Å². The maximum absolute atomic E-state index is 11.8. The summed E-state index contributed by atoms with van der Waals surface area (Å²) in [7, 11) is 0. The number of hydrogen-bond donors (Lipinski definition) is 0. The summed E-state index contributed by atoms with van der Waals surface area (Å²) in [6.07, 6.45) is 26.6. The van der Waals surface area contributed by atoms with Gasteiger partial charge in [-0.2, -0.15) is 0 Å². The SMILES string of the molecule is CCCCCCCCCCCCCCCCCCOC(=O)C1CCCC1. The summed E-state index contributed by atoms with van der Waals surface area (Å²) >= 11 is 0. The van der Waals surface area contributed by atoms with Crippen molar-refractivity contribution in [3.8, 4) is 0 Å². The van der Waals surface area contributed by atoms with Crippen LogP contribution in [0.5, 0.6) is 0 Å². The van der Waals surface area contributed by atoms with Crippen LogP contribution in [0.1, 0.15) is 135 Å². The van der Waals surface area contributed by atoms with E-state index in [1.807, 2.05) is 0 Å². The van der Waals surface area contributed by atoms with E-state index in [0.29, 0.717) is 6.61 Å². The Morgan fingerprint density at radius 3 is 1.46 bits per heavy atom. The summed E-state index contributed by atoms with van der Waals surface area (Å²) in [6, 6.07) is 0. The van der Waals surface area contributed by atoms with E-state index < -0.39 is 0 Å². The number of rotatable bonds is 18. The monoisotopic (exact) mass is 366 g/mol. The fraction of sp³-hybridized carbons (Fsp3) is 0.958. The van der Waals surface area contributed by atoms with Crippen molar-refractivity contribution in [1.29, 1.82) is 0 Å². The molecule has 2 heteroatoms. The second kappa shape index (κ2) is 17.9. The summed E-state index contributed by atoms with van der Waals surface area (Å²) in [5, 5.41) is 0. The first-order valence-electron chi connectivity index (χ1n) is 12.0. The molecule has 0 N–H and O–H groups in total. The van der Waals surface area contributed by atoms with Crippen LogP contribution in [0.15, 0.2) is 0 Å². The fourth-order valence-electron chi connectivity index (χ4n) is 4.10. The molecular formula is C24H46O2. The highest BCUT2D eigenvalue weighted by Gasteiger charge is 2.23. The van der Waals surface area contributed by atoms with Crippen molar-refractivity contribution in [2.75, 3.05) is 6.61 Å². The molecule has 1 fully saturated rings. The molecule has 0 radical (unpaired) electrons. The molecule has 154 valence electrons. The number of hydrogen-bond acceptors (Lipinski definition) is 2. The first-order chi connectivity index (χ1) is 12.8. The van der Waals surface area contributed by atoms with Gasteiger partial charge >= 0.3 is 5.97 Å². The van der Waals surface area contributed by atoms with Gasteiger partial charge in [0, 0.05) is 0 Å². The van der Waals surface area contributed by atoms with E-state index in [-0.39, 0.29) is 11.9 Å². The van der Waals surface area contributed by atoms with E-state index in [1.54, 1.807) is 0 Å². The zero-order valence-corrected chi connectivity index (χ0v) is 17.7. The van der Waals surface area contributed by atoms with Crippen LogP contribution in [-0.4, -0.2) is 12.6 Å². The minimum absolute atomic E-state index is 0.0726. The maximum Gasteiger partial charge on any atom is 0.308 e. The second-order valence-corrected chi connectivity index (χ2v) is 8.45. The van der Waals surface area contributed by atoms with E-state index in [9.17, 15) is 4.79 Å². The normalized spacial score (nSPS) is 14.8. The van der Waals surface area contributed by atoms with Gasteiger partial charge in [0.2, 0.25) is 0 Å². The Balaban J connectivity index is 1.69. The lowest BCUT2D eigenvalue weighted by Gasteiger charge is -2.09. The Labute approximate surface area is 163 Å². The summed E-state index contributed by atoms with van der Waals surface area (Å²) in [5.41, 5.74) is 0. The molecule has 0 aromatic rings. The first kappa shape index (κ1) is 23.5. The van der Waals surface area contributed by atoms with Crippen molar-refractivity contribution >= 4 is 5.97 Å². The van der Waals surface area contributed by atoms with Gasteiger partial charge in [0.15, 0.2) is 0 Å². The van der Waals surface area contributed by atoms with Gasteiger partial charge in [-0.3, -0.25) is 4.79 Å². The Bertz CT molecular complexity index is 307. The summed E-state index contributed by atoms with van der Waals surface area (Å²) in [5.74, 6) is 0.291. The van der Waals surface area contributed by atoms with Crippen molar-refractivity contribution < 1.29 is 9.53 Å². The molecule has 1 aliphatic rings. The zero-order valence-electron chi connectivity index (χ0n) is 17.7. The predicted molar refractivity (Wildman–Crippen MR) is 112 cm³/mol. The summed E-state index contributed by atoms with van der Waals surface area (Å²) < 4.78 is 5.41. The number of unbranched alkanes of at least 4 members (excludes halogenated alkanes) is 15. The lowest BCUT2D eigenvalue weighted by Crippen LogP contribution is -2.15. The molecule has 0 bridgehead atoms. The molecule has 1 aliphatic carbocycles. The molecule has 0 aromatic carbocycles. The molecule has 1 rings (SSSR count). The van der Waals surface area contributed by atoms with E-state index in [0.717, 1.165) is 19.3 Å². The Hall–Kier alpha value is -0.530. The zero-order chi connectivity index (χ0) is 18.7. The van der Waals surface area contributed by atoms with Crippen molar-refractivity contribution in [3.63, 3.8) is 0 Å². The van der Waals surface area contributed by atoms with Gasteiger partial charge in [0.25, 0.3) is 0 Å². The molecule has 1 saturated carbocycles. The average Bonchev–Trinajstić information content (AvgIpc) is 3.19. The second-order valence-electron chi connectivity index (χ2n) is 8.45. The third kappa shape index (κ3) is 13.6. The van der Waals surface area contributed by atoms with Crippen molar-refractivity contribution in [1.82, 2.24) is 0 Å². The van der Waals surface area contributed by atoms with Crippen LogP contribution in [-0.2, 0) is 9.53 Å². The predicted octanol–water partition coefficient (Wildman–Crippen LogP) is 7.98. The quantitative estimate of drug-likeness (QED) is 0.181. The van der Waals surface area contributed by atoms with Crippen LogP contribution in [0, 0.1) is 5.92 Å². The lowest BCUT2D eigenvalue weighted by molar-refractivity contribution is -0.148. The van der Waals surface area contributed by atoms with E-state index in [1.165, 1.54) is 109 Å². The molecule has 0 saturated heterocycles.